The number of anilines is 1. The van der Waals surface area contributed by atoms with Gasteiger partial charge in [-0.3, -0.25) is 5.32 Å². The molecule has 1 aliphatic heterocycles. The summed E-state index contributed by atoms with van der Waals surface area (Å²) in [6.45, 7) is 16.6. The molecule has 0 bridgehead atoms. The summed E-state index contributed by atoms with van der Waals surface area (Å²) in [5, 5.41) is 2.77. The lowest BCUT2D eigenvalue weighted by Crippen LogP contribution is -2.41. The molecule has 27 heavy (non-hydrogen) atoms. The highest BCUT2D eigenvalue weighted by molar-refractivity contribution is 6.62. The molecule has 5 nitrogen and oxygen atoms in total. The third-order valence-corrected chi connectivity index (χ3v) is 4.96. The number of rotatable bonds is 4. The van der Waals surface area contributed by atoms with Crippen molar-refractivity contribution in [2.24, 2.45) is 5.41 Å². The second-order valence-electron chi connectivity index (χ2n) is 9.15. The molecule has 1 aromatic rings. The van der Waals surface area contributed by atoms with E-state index in [4.69, 9.17) is 14.0 Å². The van der Waals surface area contributed by atoms with E-state index in [9.17, 15) is 4.79 Å². The molecule has 1 aliphatic rings. The van der Waals surface area contributed by atoms with Crippen molar-refractivity contribution in [2.75, 3.05) is 11.9 Å². The molecule has 0 atom stereocenters. The first kappa shape index (κ1) is 21.5. The number of carbonyl (C=O) groups excluding carboxylic acids is 1. The van der Waals surface area contributed by atoms with Crippen molar-refractivity contribution >= 4 is 24.4 Å². The topological polar surface area (TPSA) is 56.8 Å². The fourth-order valence-electron chi connectivity index (χ4n) is 2.62. The van der Waals surface area contributed by atoms with Crippen molar-refractivity contribution in [1.82, 2.24) is 0 Å². The lowest BCUT2D eigenvalue weighted by Gasteiger charge is -2.32. The van der Waals surface area contributed by atoms with Crippen molar-refractivity contribution < 1.29 is 18.8 Å². The molecule has 0 aliphatic carbocycles. The van der Waals surface area contributed by atoms with E-state index in [0.717, 1.165) is 11.0 Å². The molecule has 1 fully saturated rings. The summed E-state index contributed by atoms with van der Waals surface area (Å²) in [5.74, 6) is 0. The molecule has 1 aromatic carbocycles. The summed E-state index contributed by atoms with van der Waals surface area (Å²) >= 11 is 0. The Kier molecular flexibility index (Phi) is 6.12. The third kappa shape index (κ3) is 5.60. The molecule has 1 heterocycles. The zero-order valence-electron chi connectivity index (χ0n) is 17.8. The highest BCUT2D eigenvalue weighted by Gasteiger charge is 2.52. The second-order valence-corrected chi connectivity index (χ2v) is 9.15. The van der Waals surface area contributed by atoms with Crippen LogP contribution in [0.5, 0.6) is 0 Å². The number of nitrogens with one attached hydrogen (secondary N) is 1. The highest BCUT2D eigenvalue weighted by Crippen LogP contribution is 2.36. The molecule has 6 heteroatoms. The minimum Gasteiger partial charge on any atom is -0.445 e. The molecule has 1 amide bonds. The van der Waals surface area contributed by atoms with E-state index in [2.05, 4.69) is 26.1 Å². The standard InChI is InChI=1S/C21H32BNO4/c1-15-10-11-16(23-18(24)25-13-9-12-19(2,3)4)14-17(15)22-26-20(5,6)21(7,8)27-22/h9-12,14H,13H2,1-8H3,(H,23,24). The fraction of sp³-hybridized carbons (Fsp3) is 0.571. The van der Waals surface area contributed by atoms with E-state index in [1.807, 2.05) is 65.0 Å². The maximum atomic E-state index is 12.0. The van der Waals surface area contributed by atoms with E-state index in [-0.39, 0.29) is 12.0 Å². The van der Waals surface area contributed by atoms with E-state index in [1.54, 1.807) is 0 Å². The number of ether oxygens (including phenoxy) is 1. The van der Waals surface area contributed by atoms with Gasteiger partial charge >= 0.3 is 13.2 Å². The van der Waals surface area contributed by atoms with Gasteiger partial charge in [-0.05, 0) is 57.6 Å². The van der Waals surface area contributed by atoms with Crippen molar-refractivity contribution in [2.45, 2.75) is 66.6 Å². The molecule has 0 saturated carbocycles. The molecular formula is C21H32BNO4. The number of hydrogen-bond acceptors (Lipinski definition) is 4. The maximum absolute atomic E-state index is 12.0. The average Bonchev–Trinajstić information content (AvgIpc) is 2.73. The molecule has 2 rings (SSSR count). The summed E-state index contributed by atoms with van der Waals surface area (Å²) in [4.78, 5) is 12.0. The first-order chi connectivity index (χ1) is 12.3. The Labute approximate surface area is 163 Å². The Morgan fingerprint density at radius 2 is 1.78 bits per heavy atom. The summed E-state index contributed by atoms with van der Waals surface area (Å²) in [5.41, 5.74) is 1.83. The molecule has 0 aromatic heterocycles. The molecule has 1 N–H and O–H groups in total. The van der Waals surface area contributed by atoms with Gasteiger partial charge in [0.25, 0.3) is 0 Å². The minimum atomic E-state index is -0.489. The van der Waals surface area contributed by atoms with Gasteiger partial charge in [-0.25, -0.2) is 4.79 Å². The smallest absolute Gasteiger partial charge is 0.445 e. The van der Waals surface area contributed by atoms with Gasteiger partial charge in [0.05, 0.1) is 11.2 Å². The molecule has 1 saturated heterocycles. The largest absolute Gasteiger partial charge is 0.495 e. The van der Waals surface area contributed by atoms with Crippen molar-refractivity contribution in [3.8, 4) is 0 Å². The van der Waals surface area contributed by atoms with Crippen LogP contribution in [-0.2, 0) is 14.0 Å². The highest BCUT2D eigenvalue weighted by atomic mass is 16.7. The predicted octanol–water partition coefficient (Wildman–Crippen LogP) is 4.45. The molecule has 0 spiro atoms. The van der Waals surface area contributed by atoms with E-state index in [1.165, 1.54) is 0 Å². The normalized spacial score (nSPS) is 18.7. The van der Waals surface area contributed by atoms with Gasteiger partial charge in [0.1, 0.15) is 6.61 Å². The summed E-state index contributed by atoms with van der Waals surface area (Å²) < 4.78 is 17.5. The first-order valence-electron chi connectivity index (χ1n) is 9.38. The van der Waals surface area contributed by atoms with E-state index >= 15 is 0 Å². The number of hydrogen-bond donors (Lipinski definition) is 1. The van der Waals surface area contributed by atoms with Crippen LogP contribution < -0.4 is 10.8 Å². The van der Waals surface area contributed by atoms with E-state index in [0.29, 0.717) is 5.69 Å². The quantitative estimate of drug-likeness (QED) is 0.626. The van der Waals surface area contributed by atoms with Crippen LogP contribution in [0, 0.1) is 12.3 Å². The Hall–Kier alpha value is -1.79. The van der Waals surface area contributed by atoms with Crippen LogP contribution in [0.2, 0.25) is 0 Å². The zero-order valence-corrected chi connectivity index (χ0v) is 17.8. The van der Waals surface area contributed by atoms with Crippen LogP contribution in [0.4, 0.5) is 10.5 Å². The maximum Gasteiger partial charge on any atom is 0.495 e. The van der Waals surface area contributed by atoms with Gasteiger partial charge in [0.2, 0.25) is 0 Å². The van der Waals surface area contributed by atoms with Gasteiger partial charge in [0.15, 0.2) is 0 Å². The van der Waals surface area contributed by atoms with Crippen LogP contribution in [0.15, 0.2) is 30.4 Å². The van der Waals surface area contributed by atoms with Crippen LogP contribution in [0.1, 0.15) is 54.0 Å². The lowest BCUT2D eigenvalue weighted by atomic mass is 9.76. The van der Waals surface area contributed by atoms with Gasteiger partial charge < -0.3 is 14.0 Å². The SMILES string of the molecule is Cc1ccc(NC(=O)OCC=CC(C)(C)C)cc1B1OC(C)(C)C(C)(C)O1. The summed E-state index contributed by atoms with van der Waals surface area (Å²) in [6, 6.07) is 5.66. The van der Waals surface area contributed by atoms with Gasteiger partial charge in [0, 0.05) is 5.69 Å². The van der Waals surface area contributed by atoms with Crippen molar-refractivity contribution in [3.63, 3.8) is 0 Å². The molecule has 0 unspecified atom stereocenters. The van der Waals surface area contributed by atoms with Crippen LogP contribution >= 0.6 is 0 Å². The predicted molar refractivity (Wildman–Crippen MR) is 110 cm³/mol. The average molecular weight is 373 g/mol. The van der Waals surface area contributed by atoms with Gasteiger partial charge in [-0.2, -0.15) is 0 Å². The minimum absolute atomic E-state index is 0.0640. The number of amides is 1. The number of carbonyl (C=O) groups is 1. The monoisotopic (exact) mass is 373 g/mol. The lowest BCUT2D eigenvalue weighted by molar-refractivity contribution is 0.00578. The third-order valence-electron chi connectivity index (χ3n) is 4.96. The van der Waals surface area contributed by atoms with Crippen LogP contribution in [-0.4, -0.2) is 31.0 Å². The Balaban J connectivity index is 2.03. The van der Waals surface area contributed by atoms with Gasteiger partial charge in [-0.1, -0.05) is 44.6 Å². The van der Waals surface area contributed by atoms with Crippen LogP contribution in [0.25, 0.3) is 0 Å². The fourth-order valence-corrected chi connectivity index (χ4v) is 2.62. The molecule has 148 valence electrons. The molecule has 0 radical (unpaired) electrons. The Morgan fingerprint density at radius 3 is 2.33 bits per heavy atom. The van der Waals surface area contributed by atoms with Crippen molar-refractivity contribution in [3.05, 3.63) is 35.9 Å². The Morgan fingerprint density at radius 1 is 1.19 bits per heavy atom. The Bertz CT molecular complexity index is 703. The zero-order chi connectivity index (χ0) is 20.5. The first-order valence-corrected chi connectivity index (χ1v) is 9.38. The second kappa shape index (κ2) is 7.68. The molecular weight excluding hydrogens is 341 g/mol. The summed E-state index contributed by atoms with van der Waals surface area (Å²) in [6.07, 6.45) is 3.38. The number of benzene rings is 1. The van der Waals surface area contributed by atoms with E-state index < -0.39 is 24.4 Å². The number of aryl methyl sites for hydroxylation is 1. The van der Waals surface area contributed by atoms with Crippen LogP contribution in [0.3, 0.4) is 0 Å². The van der Waals surface area contributed by atoms with Gasteiger partial charge in [-0.15, -0.1) is 0 Å². The number of allylic oxidation sites excluding steroid dienone is 1. The summed E-state index contributed by atoms with van der Waals surface area (Å²) in [7, 11) is -0.470. The van der Waals surface area contributed by atoms with Crippen molar-refractivity contribution in [1.29, 1.82) is 0 Å².